The van der Waals surface area contributed by atoms with Crippen LogP contribution in [0.2, 0.25) is 0 Å². The lowest BCUT2D eigenvalue weighted by Crippen LogP contribution is -2.35. The summed E-state index contributed by atoms with van der Waals surface area (Å²) >= 11 is 0. The molecule has 7 nitrogen and oxygen atoms in total. The van der Waals surface area contributed by atoms with Gasteiger partial charge in [-0.3, -0.25) is 14.5 Å². The van der Waals surface area contributed by atoms with E-state index in [9.17, 15) is 19.8 Å². The summed E-state index contributed by atoms with van der Waals surface area (Å²) in [5, 5.41) is 20.2. The third kappa shape index (κ3) is 36.9. The van der Waals surface area contributed by atoms with Gasteiger partial charge < -0.3 is 19.7 Å². The monoisotopic (exact) mass is 726 g/mol. The topological polar surface area (TPSA) is 96.3 Å². The van der Waals surface area contributed by atoms with Crippen LogP contribution < -0.4 is 0 Å². The van der Waals surface area contributed by atoms with E-state index in [2.05, 4.69) is 25.7 Å². The quantitative estimate of drug-likeness (QED) is 0.0478. The molecule has 0 rings (SSSR count). The highest BCUT2D eigenvalue weighted by Crippen LogP contribution is 2.18. The second kappa shape index (κ2) is 40.0. The molecule has 0 aromatic rings. The van der Waals surface area contributed by atoms with E-state index in [1.807, 2.05) is 0 Å². The summed E-state index contributed by atoms with van der Waals surface area (Å²) in [5.41, 5.74) is 0. The second-order valence-electron chi connectivity index (χ2n) is 15.4. The molecule has 0 saturated carbocycles. The molecule has 0 fully saturated rings. The number of rotatable bonds is 41. The molecule has 0 amide bonds. The summed E-state index contributed by atoms with van der Waals surface area (Å²) < 4.78 is 11.4. The Morgan fingerprint density at radius 3 is 1.49 bits per heavy atom. The van der Waals surface area contributed by atoms with Gasteiger partial charge in [-0.1, -0.05) is 156 Å². The van der Waals surface area contributed by atoms with Crippen LogP contribution in [0.1, 0.15) is 226 Å². The summed E-state index contributed by atoms with van der Waals surface area (Å²) in [6, 6.07) is 0. The van der Waals surface area contributed by atoms with Crippen molar-refractivity contribution < 1.29 is 29.3 Å². The van der Waals surface area contributed by atoms with Crippen LogP contribution in [-0.4, -0.2) is 72.1 Å². The van der Waals surface area contributed by atoms with E-state index in [-0.39, 0.29) is 24.6 Å². The van der Waals surface area contributed by atoms with Gasteiger partial charge in [0.2, 0.25) is 0 Å². The molecule has 0 bridgehead atoms. The number of aliphatic hydroxyl groups excluding tert-OH is 2. The number of unbranched alkanes of at least 4 members (excludes halogenated alkanes) is 22. The second-order valence-corrected chi connectivity index (χ2v) is 15.4. The molecule has 7 heteroatoms. The van der Waals surface area contributed by atoms with Crippen molar-refractivity contribution >= 4 is 11.9 Å². The zero-order chi connectivity index (χ0) is 37.5. The van der Waals surface area contributed by atoms with Gasteiger partial charge in [0.15, 0.2) is 0 Å². The van der Waals surface area contributed by atoms with Gasteiger partial charge in [-0.2, -0.15) is 0 Å². The van der Waals surface area contributed by atoms with E-state index >= 15 is 0 Å². The molecule has 0 aromatic carbocycles. The fraction of sp³-hybridized carbons (Fsp3) is 0.955. The number of hydrogen-bond donors (Lipinski definition) is 2. The molecule has 1 atom stereocenters. The van der Waals surface area contributed by atoms with Crippen LogP contribution >= 0.6 is 0 Å². The first-order valence-electron chi connectivity index (χ1n) is 22.3. The fourth-order valence-electron chi connectivity index (χ4n) is 6.92. The van der Waals surface area contributed by atoms with Gasteiger partial charge in [-0.25, -0.2) is 0 Å². The van der Waals surface area contributed by atoms with Crippen LogP contribution in [0.4, 0.5) is 0 Å². The van der Waals surface area contributed by atoms with Crippen LogP contribution in [0.5, 0.6) is 0 Å². The largest absolute Gasteiger partial charge is 0.466 e. The lowest BCUT2D eigenvalue weighted by atomic mass is 10.0. The minimum Gasteiger partial charge on any atom is -0.466 e. The summed E-state index contributed by atoms with van der Waals surface area (Å²) in [7, 11) is 0. The number of carbonyl (C=O) groups excluding carboxylic acids is 2. The highest BCUT2D eigenvalue weighted by atomic mass is 16.5. The molecular weight excluding hydrogens is 638 g/mol. The van der Waals surface area contributed by atoms with Crippen molar-refractivity contribution in [1.29, 1.82) is 0 Å². The Morgan fingerprint density at radius 1 is 0.510 bits per heavy atom. The molecule has 0 aromatic heterocycles. The van der Waals surface area contributed by atoms with Crippen LogP contribution in [0, 0.1) is 0 Å². The van der Waals surface area contributed by atoms with Crippen molar-refractivity contribution in [1.82, 2.24) is 4.90 Å². The maximum Gasteiger partial charge on any atom is 0.306 e. The van der Waals surface area contributed by atoms with Crippen molar-refractivity contribution in [3.05, 3.63) is 0 Å². The summed E-state index contributed by atoms with van der Waals surface area (Å²) in [4.78, 5) is 26.8. The Bertz CT molecular complexity index is 718. The molecule has 0 spiro atoms. The third-order valence-electron chi connectivity index (χ3n) is 10.2. The van der Waals surface area contributed by atoms with Crippen molar-refractivity contribution in [3.8, 4) is 0 Å². The number of hydrogen-bond acceptors (Lipinski definition) is 7. The molecule has 0 radical (unpaired) electrons. The van der Waals surface area contributed by atoms with Gasteiger partial charge in [0.05, 0.1) is 19.3 Å². The van der Waals surface area contributed by atoms with Crippen LogP contribution in [0.25, 0.3) is 0 Å². The number of carbonyl (C=O) groups is 2. The molecule has 0 aliphatic carbocycles. The van der Waals surface area contributed by atoms with Gasteiger partial charge in [0.1, 0.15) is 6.10 Å². The first-order valence-corrected chi connectivity index (χ1v) is 22.3. The van der Waals surface area contributed by atoms with Gasteiger partial charge >= 0.3 is 11.9 Å². The lowest BCUT2D eigenvalue weighted by Gasteiger charge is -2.24. The Balaban J connectivity index is 4.06. The van der Waals surface area contributed by atoms with Gasteiger partial charge in [0, 0.05) is 25.9 Å². The number of nitrogens with zero attached hydrogens (tertiary/aromatic N) is 1. The van der Waals surface area contributed by atoms with Crippen LogP contribution in [-0.2, 0) is 19.1 Å². The molecule has 304 valence electrons. The summed E-state index contributed by atoms with van der Waals surface area (Å²) in [5.74, 6) is -0.111. The molecule has 0 aliphatic rings. The smallest absolute Gasteiger partial charge is 0.306 e. The first kappa shape index (κ1) is 49.8. The Morgan fingerprint density at radius 2 is 0.941 bits per heavy atom. The zero-order valence-electron chi connectivity index (χ0n) is 34.3. The Hall–Kier alpha value is -1.18. The average molecular weight is 726 g/mol. The van der Waals surface area contributed by atoms with Crippen LogP contribution in [0.15, 0.2) is 0 Å². The predicted molar refractivity (Wildman–Crippen MR) is 215 cm³/mol. The fourth-order valence-corrected chi connectivity index (χ4v) is 6.92. The van der Waals surface area contributed by atoms with Gasteiger partial charge in [0.25, 0.3) is 0 Å². The summed E-state index contributed by atoms with van der Waals surface area (Å²) in [6.07, 6.45) is 34.8. The third-order valence-corrected chi connectivity index (χ3v) is 10.2. The van der Waals surface area contributed by atoms with Gasteiger partial charge in [-0.05, 0) is 64.3 Å². The Kier molecular flexibility index (Phi) is 39.1. The highest BCUT2D eigenvalue weighted by molar-refractivity contribution is 5.69. The van der Waals surface area contributed by atoms with E-state index in [4.69, 9.17) is 9.47 Å². The predicted octanol–water partition coefficient (Wildman–Crippen LogP) is 11.6. The summed E-state index contributed by atoms with van der Waals surface area (Å²) in [6.45, 7) is 9.40. The van der Waals surface area contributed by atoms with E-state index in [1.165, 1.54) is 96.3 Å². The Labute approximate surface area is 316 Å². The maximum atomic E-state index is 12.7. The molecular formula is C44H87NO6. The molecule has 0 heterocycles. The molecule has 2 N–H and O–H groups in total. The van der Waals surface area contributed by atoms with Crippen LogP contribution in [0.3, 0.4) is 0 Å². The van der Waals surface area contributed by atoms with Gasteiger partial charge in [-0.15, -0.1) is 0 Å². The highest BCUT2D eigenvalue weighted by Gasteiger charge is 2.15. The maximum absolute atomic E-state index is 12.7. The number of ether oxygens (including phenoxy) is 2. The SMILES string of the molecule is CCCCCCCCCOC(=O)CCCCCCCN(CCO)CC(O)CCCCCC(=O)OC(CCCCCCCC)CCCCCCCC. The van der Waals surface area contributed by atoms with E-state index < -0.39 is 6.10 Å². The molecule has 0 aliphatic heterocycles. The van der Waals surface area contributed by atoms with E-state index in [0.717, 1.165) is 96.4 Å². The van der Waals surface area contributed by atoms with Crippen molar-refractivity contribution in [2.45, 2.75) is 238 Å². The first-order chi connectivity index (χ1) is 25.0. The zero-order valence-corrected chi connectivity index (χ0v) is 34.3. The van der Waals surface area contributed by atoms with E-state index in [1.54, 1.807) is 0 Å². The van der Waals surface area contributed by atoms with Crippen molar-refractivity contribution in [2.24, 2.45) is 0 Å². The van der Waals surface area contributed by atoms with E-state index in [0.29, 0.717) is 39.0 Å². The molecule has 1 unspecified atom stereocenters. The minimum absolute atomic E-state index is 0.0506. The van der Waals surface area contributed by atoms with Crippen molar-refractivity contribution in [2.75, 3.05) is 32.8 Å². The number of esters is 2. The normalized spacial score (nSPS) is 12.2. The average Bonchev–Trinajstić information content (AvgIpc) is 3.11. The molecule has 0 saturated heterocycles. The van der Waals surface area contributed by atoms with Crippen molar-refractivity contribution in [3.63, 3.8) is 0 Å². The lowest BCUT2D eigenvalue weighted by molar-refractivity contribution is -0.150. The standard InChI is InChI=1S/C44H87NO6/c1-4-7-10-13-16-22-30-39-50-43(48)34-27-20-17-21-29-36-45(37-38-46)40-41(47)31-24-23-28-35-44(49)51-42(32-25-18-14-11-8-5-2)33-26-19-15-12-9-6-3/h41-42,46-47H,4-40H2,1-3H3. The minimum atomic E-state index is -0.422. The number of aliphatic hydroxyl groups is 2. The molecule has 51 heavy (non-hydrogen) atoms.